The second kappa shape index (κ2) is 7.85. The van der Waals surface area contributed by atoms with Crippen LogP contribution < -0.4 is 5.73 Å². The third-order valence-corrected chi connectivity index (χ3v) is 6.33. The number of hydrogen-bond acceptors (Lipinski definition) is 3. The van der Waals surface area contributed by atoms with Crippen molar-refractivity contribution in [3.8, 4) is 0 Å². The van der Waals surface area contributed by atoms with Crippen molar-refractivity contribution in [3.05, 3.63) is 0 Å². The summed E-state index contributed by atoms with van der Waals surface area (Å²) in [5, 5.41) is 0. The monoisotopic (exact) mass is 335 g/mol. The van der Waals surface area contributed by atoms with E-state index in [0.29, 0.717) is 32.6 Å². The SMILES string of the molecule is NC1(C(=O)N2CCN(C(=O)CCC3CCCC3)CC2)CCCCC1. The maximum atomic E-state index is 12.7. The van der Waals surface area contributed by atoms with E-state index in [-0.39, 0.29) is 11.8 Å². The van der Waals surface area contributed by atoms with Gasteiger partial charge in [-0.05, 0) is 25.2 Å². The number of nitrogens with zero attached hydrogens (tertiary/aromatic N) is 2. The van der Waals surface area contributed by atoms with E-state index in [4.69, 9.17) is 5.73 Å². The number of hydrogen-bond donors (Lipinski definition) is 1. The summed E-state index contributed by atoms with van der Waals surface area (Å²) < 4.78 is 0. The molecular formula is C19H33N3O2. The maximum absolute atomic E-state index is 12.7. The summed E-state index contributed by atoms with van der Waals surface area (Å²) in [7, 11) is 0. The molecule has 0 atom stereocenters. The van der Waals surface area contributed by atoms with Crippen molar-refractivity contribution >= 4 is 11.8 Å². The van der Waals surface area contributed by atoms with Crippen molar-refractivity contribution in [3.63, 3.8) is 0 Å². The van der Waals surface area contributed by atoms with Crippen LogP contribution in [0.4, 0.5) is 0 Å². The number of rotatable bonds is 4. The zero-order valence-corrected chi connectivity index (χ0v) is 15.0. The van der Waals surface area contributed by atoms with E-state index in [9.17, 15) is 9.59 Å². The van der Waals surface area contributed by atoms with Gasteiger partial charge in [0.1, 0.15) is 0 Å². The van der Waals surface area contributed by atoms with E-state index in [2.05, 4.69) is 0 Å². The predicted octanol–water partition coefficient (Wildman–Crippen LogP) is 2.29. The van der Waals surface area contributed by atoms with E-state index >= 15 is 0 Å². The molecule has 3 rings (SSSR count). The molecule has 24 heavy (non-hydrogen) atoms. The molecule has 136 valence electrons. The summed E-state index contributed by atoms with van der Waals surface area (Å²) in [5.41, 5.74) is 5.73. The lowest BCUT2D eigenvalue weighted by molar-refractivity contribution is -0.144. The fourth-order valence-electron chi connectivity index (χ4n) is 4.66. The van der Waals surface area contributed by atoms with Crippen LogP contribution in [0.2, 0.25) is 0 Å². The molecule has 2 saturated carbocycles. The van der Waals surface area contributed by atoms with Gasteiger partial charge in [0.25, 0.3) is 0 Å². The third-order valence-electron chi connectivity index (χ3n) is 6.33. The molecule has 0 spiro atoms. The van der Waals surface area contributed by atoms with Crippen LogP contribution in [0.5, 0.6) is 0 Å². The van der Waals surface area contributed by atoms with Gasteiger partial charge in [-0.25, -0.2) is 0 Å². The van der Waals surface area contributed by atoms with Gasteiger partial charge >= 0.3 is 0 Å². The van der Waals surface area contributed by atoms with Gasteiger partial charge in [0, 0.05) is 32.6 Å². The Bertz CT molecular complexity index is 446. The Labute approximate surface area is 145 Å². The molecule has 5 nitrogen and oxygen atoms in total. The lowest BCUT2D eigenvalue weighted by Crippen LogP contribution is -2.60. The van der Waals surface area contributed by atoms with Crippen molar-refractivity contribution in [2.24, 2.45) is 11.7 Å². The molecule has 1 saturated heterocycles. The van der Waals surface area contributed by atoms with Gasteiger partial charge in [-0.1, -0.05) is 44.9 Å². The molecule has 0 aromatic carbocycles. The molecule has 1 aliphatic heterocycles. The van der Waals surface area contributed by atoms with Gasteiger partial charge in [0.2, 0.25) is 11.8 Å². The maximum Gasteiger partial charge on any atom is 0.242 e. The first-order chi connectivity index (χ1) is 11.6. The highest BCUT2D eigenvalue weighted by Crippen LogP contribution is 2.29. The molecule has 2 amide bonds. The van der Waals surface area contributed by atoms with E-state index < -0.39 is 5.54 Å². The number of carbonyl (C=O) groups is 2. The van der Waals surface area contributed by atoms with Crippen molar-refractivity contribution in [2.45, 2.75) is 76.2 Å². The molecule has 0 radical (unpaired) electrons. The van der Waals surface area contributed by atoms with Crippen molar-refractivity contribution in [1.82, 2.24) is 9.80 Å². The number of nitrogens with two attached hydrogens (primary N) is 1. The molecule has 1 heterocycles. The first-order valence-corrected chi connectivity index (χ1v) is 9.94. The van der Waals surface area contributed by atoms with E-state index in [1.807, 2.05) is 9.80 Å². The Morgan fingerprint density at radius 3 is 2.08 bits per heavy atom. The zero-order chi connectivity index (χ0) is 17.0. The largest absolute Gasteiger partial charge is 0.339 e. The molecule has 3 aliphatic rings. The molecule has 0 unspecified atom stereocenters. The normalized spacial score (nSPS) is 25.0. The molecule has 2 aliphatic carbocycles. The minimum atomic E-state index is -0.646. The predicted molar refractivity (Wildman–Crippen MR) is 94.4 cm³/mol. The van der Waals surface area contributed by atoms with E-state index in [1.54, 1.807) is 0 Å². The Hall–Kier alpha value is -1.10. The summed E-state index contributed by atoms with van der Waals surface area (Å²) >= 11 is 0. The van der Waals surface area contributed by atoms with E-state index in [0.717, 1.165) is 38.0 Å². The van der Waals surface area contributed by atoms with Gasteiger partial charge in [0.15, 0.2) is 0 Å². The van der Waals surface area contributed by atoms with Crippen LogP contribution >= 0.6 is 0 Å². The smallest absolute Gasteiger partial charge is 0.242 e. The fraction of sp³-hybridized carbons (Fsp3) is 0.895. The summed E-state index contributed by atoms with van der Waals surface area (Å²) in [6.45, 7) is 2.64. The highest BCUT2D eigenvalue weighted by Gasteiger charge is 2.39. The summed E-state index contributed by atoms with van der Waals surface area (Å²) in [4.78, 5) is 29.0. The van der Waals surface area contributed by atoms with Crippen LogP contribution in [0.1, 0.15) is 70.6 Å². The highest BCUT2D eigenvalue weighted by molar-refractivity contribution is 5.86. The Balaban J connectivity index is 1.43. The molecule has 0 aromatic rings. The van der Waals surface area contributed by atoms with Gasteiger partial charge in [-0.15, -0.1) is 0 Å². The molecule has 2 N–H and O–H groups in total. The van der Waals surface area contributed by atoms with Crippen LogP contribution in [0.3, 0.4) is 0 Å². The van der Waals surface area contributed by atoms with Gasteiger partial charge < -0.3 is 15.5 Å². The average molecular weight is 335 g/mol. The Kier molecular flexibility index (Phi) is 5.80. The van der Waals surface area contributed by atoms with Gasteiger partial charge in [-0.2, -0.15) is 0 Å². The molecule has 3 fully saturated rings. The van der Waals surface area contributed by atoms with E-state index in [1.165, 1.54) is 32.1 Å². The third kappa shape index (κ3) is 4.11. The standard InChI is InChI=1S/C19H33N3O2/c20-19(10-4-1-5-11-19)18(24)22-14-12-21(13-15-22)17(23)9-8-16-6-2-3-7-16/h16H,1-15,20H2. The van der Waals surface area contributed by atoms with Crippen LogP contribution in [-0.4, -0.2) is 53.3 Å². The first-order valence-electron chi connectivity index (χ1n) is 9.94. The molecular weight excluding hydrogens is 302 g/mol. The van der Waals surface area contributed by atoms with Crippen molar-refractivity contribution in [1.29, 1.82) is 0 Å². The minimum Gasteiger partial charge on any atom is -0.339 e. The highest BCUT2D eigenvalue weighted by atomic mass is 16.2. The van der Waals surface area contributed by atoms with Crippen LogP contribution in [0, 0.1) is 5.92 Å². The van der Waals surface area contributed by atoms with Crippen LogP contribution in [0.15, 0.2) is 0 Å². The number of carbonyl (C=O) groups excluding carboxylic acids is 2. The average Bonchev–Trinajstić information content (AvgIpc) is 3.13. The first kappa shape index (κ1) is 17.7. The Morgan fingerprint density at radius 2 is 1.46 bits per heavy atom. The van der Waals surface area contributed by atoms with Gasteiger partial charge in [0.05, 0.1) is 5.54 Å². The van der Waals surface area contributed by atoms with Crippen LogP contribution in [-0.2, 0) is 9.59 Å². The minimum absolute atomic E-state index is 0.111. The second-order valence-corrected chi connectivity index (χ2v) is 8.08. The Morgan fingerprint density at radius 1 is 0.875 bits per heavy atom. The zero-order valence-electron chi connectivity index (χ0n) is 15.0. The fourth-order valence-corrected chi connectivity index (χ4v) is 4.66. The quantitative estimate of drug-likeness (QED) is 0.857. The number of amides is 2. The second-order valence-electron chi connectivity index (χ2n) is 8.08. The number of piperazine rings is 1. The summed E-state index contributed by atoms with van der Waals surface area (Å²) in [6, 6.07) is 0. The van der Waals surface area contributed by atoms with Crippen LogP contribution in [0.25, 0.3) is 0 Å². The molecule has 0 aromatic heterocycles. The topological polar surface area (TPSA) is 66.6 Å². The lowest BCUT2D eigenvalue weighted by Gasteiger charge is -2.41. The molecule has 0 bridgehead atoms. The van der Waals surface area contributed by atoms with Crippen molar-refractivity contribution < 1.29 is 9.59 Å². The molecule has 5 heteroatoms. The van der Waals surface area contributed by atoms with Gasteiger partial charge in [-0.3, -0.25) is 9.59 Å². The van der Waals surface area contributed by atoms with Crippen molar-refractivity contribution in [2.75, 3.05) is 26.2 Å². The summed E-state index contributed by atoms with van der Waals surface area (Å²) in [5.74, 6) is 1.15. The summed E-state index contributed by atoms with van der Waals surface area (Å²) in [6.07, 6.45) is 11.9. The lowest BCUT2D eigenvalue weighted by atomic mass is 9.81.